The molecule has 1 atom stereocenters. The van der Waals surface area contributed by atoms with Crippen LogP contribution in [0.4, 0.5) is 4.79 Å². The molecule has 10 nitrogen and oxygen atoms in total. The van der Waals surface area contributed by atoms with E-state index in [2.05, 4.69) is 9.84 Å². The Morgan fingerprint density at radius 1 is 1.23 bits per heavy atom. The van der Waals surface area contributed by atoms with Gasteiger partial charge in [-0.2, -0.15) is 5.10 Å². The minimum absolute atomic E-state index is 0.0479. The minimum atomic E-state index is -3.52. The number of ether oxygens (including phenoxy) is 4. The van der Waals surface area contributed by atoms with Gasteiger partial charge in [-0.1, -0.05) is 0 Å². The zero-order valence-electron chi connectivity index (χ0n) is 18.3. The summed E-state index contributed by atoms with van der Waals surface area (Å²) in [5.41, 5.74) is 1.31. The highest BCUT2D eigenvalue weighted by Crippen LogP contribution is 2.28. The Bertz CT molecular complexity index is 1080. The molecule has 0 fully saturated rings. The zero-order chi connectivity index (χ0) is 23.3. The highest BCUT2D eigenvalue weighted by molar-refractivity contribution is 7.90. The lowest BCUT2D eigenvalue weighted by Gasteiger charge is -2.17. The number of benzene rings is 1. The maximum absolute atomic E-state index is 13.3. The monoisotopic (exact) mass is 454 g/mol. The van der Waals surface area contributed by atoms with Crippen LogP contribution in [0.5, 0.6) is 5.88 Å². The number of sulfone groups is 1. The van der Waals surface area contributed by atoms with E-state index in [1.165, 1.54) is 29.9 Å². The van der Waals surface area contributed by atoms with Crippen molar-refractivity contribution in [3.05, 3.63) is 40.6 Å². The van der Waals surface area contributed by atoms with Gasteiger partial charge in [0, 0.05) is 32.4 Å². The van der Waals surface area contributed by atoms with E-state index in [1.807, 2.05) is 0 Å². The first kappa shape index (κ1) is 24.4. The van der Waals surface area contributed by atoms with E-state index in [9.17, 15) is 18.0 Å². The second-order valence-corrected chi connectivity index (χ2v) is 8.68. The predicted octanol–water partition coefficient (Wildman–Crippen LogP) is 2.41. The Kier molecular flexibility index (Phi) is 7.80. The van der Waals surface area contributed by atoms with E-state index >= 15 is 0 Å². The molecule has 0 saturated carbocycles. The summed E-state index contributed by atoms with van der Waals surface area (Å²) in [5.74, 6) is -0.344. The van der Waals surface area contributed by atoms with Crippen LogP contribution in [0, 0.1) is 6.92 Å². The first-order valence-electron chi connectivity index (χ1n) is 9.39. The number of ketones is 1. The third-order valence-corrected chi connectivity index (χ3v) is 5.67. The zero-order valence-corrected chi connectivity index (χ0v) is 19.1. The number of hydrogen-bond acceptors (Lipinski definition) is 9. The predicted molar refractivity (Wildman–Crippen MR) is 110 cm³/mol. The molecule has 31 heavy (non-hydrogen) atoms. The molecule has 0 aliphatic heterocycles. The van der Waals surface area contributed by atoms with Crippen LogP contribution in [-0.4, -0.2) is 56.4 Å². The van der Waals surface area contributed by atoms with Crippen molar-refractivity contribution in [1.29, 1.82) is 0 Å². The van der Waals surface area contributed by atoms with E-state index in [0.717, 1.165) is 13.4 Å². The Hall–Kier alpha value is -2.92. The molecule has 0 aliphatic rings. The van der Waals surface area contributed by atoms with Crippen molar-refractivity contribution < 1.29 is 37.0 Å². The standard InChI is InChI=1S/C20H26N2O8S/c1-7-28-11-16-12(2)14(8-9-17(16)31(6,25)26)18(23)15-10-21-22(4)19(15)29-13(3)30-20(24)27-5/h8-10,13H,7,11H2,1-6H3. The fourth-order valence-corrected chi connectivity index (χ4v) is 3.92. The van der Waals surface area contributed by atoms with E-state index in [4.69, 9.17) is 14.2 Å². The number of aryl methyl sites for hydroxylation is 1. The Morgan fingerprint density at radius 2 is 1.90 bits per heavy atom. The number of hydrogen-bond donors (Lipinski definition) is 0. The van der Waals surface area contributed by atoms with Gasteiger partial charge < -0.3 is 18.9 Å². The third-order valence-electron chi connectivity index (χ3n) is 4.49. The normalized spacial score (nSPS) is 12.3. The number of carbonyl (C=O) groups is 2. The highest BCUT2D eigenvalue weighted by Gasteiger charge is 2.26. The Labute approximate surface area is 181 Å². The van der Waals surface area contributed by atoms with Gasteiger partial charge in [-0.15, -0.1) is 0 Å². The average molecular weight is 455 g/mol. The second-order valence-electron chi connectivity index (χ2n) is 6.70. The Morgan fingerprint density at radius 3 is 2.48 bits per heavy atom. The number of rotatable bonds is 9. The quantitative estimate of drug-likeness (QED) is 0.319. The van der Waals surface area contributed by atoms with Crippen LogP contribution in [-0.2, 0) is 37.7 Å². The van der Waals surface area contributed by atoms with E-state index in [0.29, 0.717) is 17.7 Å². The molecule has 0 amide bonds. The molecular formula is C20H26N2O8S. The van der Waals surface area contributed by atoms with Gasteiger partial charge in [-0.25, -0.2) is 17.9 Å². The molecule has 2 aromatic rings. The van der Waals surface area contributed by atoms with Crippen molar-refractivity contribution >= 4 is 21.8 Å². The maximum Gasteiger partial charge on any atom is 0.511 e. The summed E-state index contributed by atoms with van der Waals surface area (Å²) >= 11 is 0. The molecule has 11 heteroatoms. The van der Waals surface area contributed by atoms with Gasteiger partial charge in [0.05, 0.1) is 24.8 Å². The van der Waals surface area contributed by atoms with E-state index in [1.54, 1.807) is 20.9 Å². The molecule has 0 saturated heterocycles. The van der Waals surface area contributed by atoms with Crippen LogP contribution in [0.2, 0.25) is 0 Å². The summed E-state index contributed by atoms with van der Waals surface area (Å²) < 4.78 is 46.0. The van der Waals surface area contributed by atoms with Gasteiger partial charge in [-0.3, -0.25) is 4.79 Å². The van der Waals surface area contributed by atoms with Crippen LogP contribution in [0.3, 0.4) is 0 Å². The lowest BCUT2D eigenvalue weighted by molar-refractivity contribution is -0.0510. The summed E-state index contributed by atoms with van der Waals surface area (Å²) in [6.45, 7) is 5.35. The van der Waals surface area contributed by atoms with Crippen molar-refractivity contribution in [2.75, 3.05) is 20.0 Å². The molecule has 170 valence electrons. The summed E-state index contributed by atoms with van der Waals surface area (Å²) in [6.07, 6.45) is 0.454. The van der Waals surface area contributed by atoms with Crippen LogP contribution < -0.4 is 4.74 Å². The van der Waals surface area contributed by atoms with Crippen LogP contribution in [0.15, 0.2) is 23.2 Å². The van der Waals surface area contributed by atoms with Crippen LogP contribution in [0.25, 0.3) is 0 Å². The van der Waals surface area contributed by atoms with Gasteiger partial charge in [0.2, 0.25) is 12.2 Å². The van der Waals surface area contributed by atoms with E-state index in [-0.39, 0.29) is 28.5 Å². The number of carbonyl (C=O) groups excluding carboxylic acids is 2. The second kappa shape index (κ2) is 9.92. The van der Waals surface area contributed by atoms with Crippen LogP contribution in [0.1, 0.15) is 40.9 Å². The lowest BCUT2D eigenvalue weighted by Crippen LogP contribution is -2.23. The summed E-state index contributed by atoms with van der Waals surface area (Å²) in [7, 11) is -0.790. The largest absolute Gasteiger partial charge is 0.511 e. The van der Waals surface area contributed by atoms with Gasteiger partial charge in [0.15, 0.2) is 15.6 Å². The summed E-state index contributed by atoms with van der Waals surface area (Å²) in [4.78, 5) is 24.7. The average Bonchev–Trinajstić information content (AvgIpc) is 3.05. The molecule has 0 aliphatic carbocycles. The SMILES string of the molecule is CCOCc1c(S(C)(=O)=O)ccc(C(=O)c2cnn(C)c2OC(C)OC(=O)OC)c1C. The number of nitrogens with zero attached hydrogens (tertiary/aromatic N) is 2. The molecule has 0 spiro atoms. The molecule has 2 rings (SSSR count). The van der Waals surface area contributed by atoms with Gasteiger partial charge >= 0.3 is 6.16 Å². The molecule has 0 radical (unpaired) electrons. The molecule has 1 heterocycles. The van der Waals surface area contributed by atoms with Crippen molar-refractivity contribution in [2.45, 2.75) is 38.6 Å². The molecule has 0 bridgehead atoms. The fraction of sp³-hybridized carbons (Fsp3) is 0.450. The minimum Gasteiger partial charge on any atom is -0.438 e. The highest BCUT2D eigenvalue weighted by atomic mass is 32.2. The first-order chi connectivity index (χ1) is 14.5. The van der Waals surface area contributed by atoms with E-state index < -0.39 is 28.1 Å². The topological polar surface area (TPSA) is 123 Å². The van der Waals surface area contributed by atoms with Crippen LogP contribution >= 0.6 is 0 Å². The van der Waals surface area contributed by atoms with Crippen molar-refractivity contribution in [1.82, 2.24) is 9.78 Å². The molecule has 1 aromatic heterocycles. The third kappa shape index (κ3) is 5.61. The molecule has 1 unspecified atom stereocenters. The Balaban J connectivity index is 2.47. The summed E-state index contributed by atoms with van der Waals surface area (Å²) in [5, 5.41) is 4.05. The van der Waals surface area contributed by atoms with Crippen molar-refractivity contribution in [3.63, 3.8) is 0 Å². The number of aromatic nitrogens is 2. The van der Waals surface area contributed by atoms with Crippen molar-refractivity contribution in [2.24, 2.45) is 7.05 Å². The molecular weight excluding hydrogens is 428 g/mol. The van der Waals surface area contributed by atoms with Gasteiger partial charge in [0.25, 0.3) is 0 Å². The van der Waals surface area contributed by atoms with Crippen molar-refractivity contribution in [3.8, 4) is 5.88 Å². The smallest absolute Gasteiger partial charge is 0.438 e. The summed E-state index contributed by atoms with van der Waals surface area (Å²) in [6, 6.07) is 2.85. The van der Waals surface area contributed by atoms with Gasteiger partial charge in [-0.05, 0) is 37.1 Å². The molecule has 1 aromatic carbocycles. The van der Waals surface area contributed by atoms with Gasteiger partial charge in [0.1, 0.15) is 5.56 Å². The fourth-order valence-electron chi connectivity index (χ4n) is 2.94. The lowest BCUT2D eigenvalue weighted by atomic mass is 9.97. The first-order valence-corrected chi connectivity index (χ1v) is 11.3. The molecule has 0 N–H and O–H groups in total. The number of methoxy groups -OCH3 is 1. The maximum atomic E-state index is 13.3.